The second-order valence-corrected chi connectivity index (χ2v) is 5.33. The van der Waals surface area contributed by atoms with Crippen LogP contribution < -0.4 is 5.32 Å². The van der Waals surface area contributed by atoms with Crippen LogP contribution in [0, 0.1) is 0 Å². The molecule has 1 amide bonds. The molecule has 3 rings (SSSR count). The number of amides is 1. The minimum absolute atomic E-state index is 0.0279. The molecular formula is C15H20N2O3. The Morgan fingerprint density at radius 1 is 1.50 bits per heavy atom. The maximum Gasteiger partial charge on any atom is 0.254 e. The minimum atomic E-state index is -0.257. The van der Waals surface area contributed by atoms with E-state index in [0.717, 1.165) is 30.6 Å². The summed E-state index contributed by atoms with van der Waals surface area (Å²) in [6, 6.07) is 5.86. The third-order valence-corrected chi connectivity index (χ3v) is 3.92. The zero-order valence-corrected chi connectivity index (χ0v) is 11.5. The molecule has 2 heterocycles. The van der Waals surface area contributed by atoms with Gasteiger partial charge in [-0.3, -0.25) is 4.79 Å². The van der Waals surface area contributed by atoms with Gasteiger partial charge in [0.1, 0.15) is 0 Å². The third-order valence-electron chi connectivity index (χ3n) is 3.92. The summed E-state index contributed by atoms with van der Waals surface area (Å²) in [6.07, 6.45) is 1.87. The molecule has 2 aliphatic rings. The zero-order valence-electron chi connectivity index (χ0n) is 11.5. The van der Waals surface area contributed by atoms with E-state index in [9.17, 15) is 4.79 Å². The number of carbonyl (C=O) groups is 1. The highest BCUT2D eigenvalue weighted by Crippen LogP contribution is 2.23. The van der Waals surface area contributed by atoms with Crippen LogP contribution in [0.1, 0.15) is 22.3 Å². The summed E-state index contributed by atoms with van der Waals surface area (Å²) in [5.41, 5.74) is 3.09. The van der Waals surface area contributed by atoms with Crippen molar-refractivity contribution in [3.8, 4) is 0 Å². The molecule has 0 radical (unpaired) electrons. The average molecular weight is 276 g/mol. The van der Waals surface area contributed by atoms with Crippen molar-refractivity contribution in [1.82, 2.24) is 4.90 Å². The minimum Gasteiger partial charge on any atom is -0.394 e. The van der Waals surface area contributed by atoms with Gasteiger partial charge in [-0.05, 0) is 36.6 Å². The number of ether oxygens (including phenoxy) is 1. The Morgan fingerprint density at radius 2 is 2.40 bits per heavy atom. The van der Waals surface area contributed by atoms with Gasteiger partial charge in [-0.1, -0.05) is 0 Å². The molecule has 108 valence electrons. The van der Waals surface area contributed by atoms with Crippen LogP contribution in [0.25, 0.3) is 0 Å². The standard InChI is InChI=1S/C15H20N2O3/c18-10-13-9-17(6-7-20-13)15(19)12-3-4-14-11(8-12)2-1-5-16-14/h3-4,8,13,16,18H,1-2,5-7,9-10H2. The molecule has 2 aliphatic heterocycles. The summed E-state index contributed by atoms with van der Waals surface area (Å²) < 4.78 is 5.38. The predicted octanol–water partition coefficient (Wildman–Crippen LogP) is 0.878. The molecule has 0 spiro atoms. The first-order chi connectivity index (χ1) is 9.78. The molecule has 5 nitrogen and oxygen atoms in total. The quantitative estimate of drug-likeness (QED) is 0.841. The Balaban J connectivity index is 1.76. The maximum atomic E-state index is 12.5. The number of morpholine rings is 1. The van der Waals surface area contributed by atoms with Crippen LogP contribution >= 0.6 is 0 Å². The van der Waals surface area contributed by atoms with Crippen molar-refractivity contribution >= 4 is 11.6 Å². The van der Waals surface area contributed by atoms with E-state index in [0.29, 0.717) is 19.7 Å². The Labute approximate surface area is 118 Å². The predicted molar refractivity (Wildman–Crippen MR) is 76.0 cm³/mol. The first kappa shape index (κ1) is 13.4. The molecule has 5 heteroatoms. The number of rotatable bonds is 2. The topological polar surface area (TPSA) is 61.8 Å². The van der Waals surface area contributed by atoms with Gasteiger partial charge in [0.25, 0.3) is 5.91 Å². The van der Waals surface area contributed by atoms with Gasteiger partial charge in [0, 0.05) is 30.9 Å². The van der Waals surface area contributed by atoms with Crippen molar-refractivity contribution in [1.29, 1.82) is 0 Å². The number of aliphatic hydroxyl groups is 1. The molecule has 0 bridgehead atoms. The monoisotopic (exact) mass is 276 g/mol. The van der Waals surface area contributed by atoms with E-state index in [2.05, 4.69) is 5.32 Å². The van der Waals surface area contributed by atoms with Gasteiger partial charge in [-0.2, -0.15) is 0 Å². The number of carbonyl (C=O) groups excluding carboxylic acids is 1. The van der Waals surface area contributed by atoms with Crippen molar-refractivity contribution in [3.63, 3.8) is 0 Å². The van der Waals surface area contributed by atoms with E-state index in [1.54, 1.807) is 4.90 Å². The van der Waals surface area contributed by atoms with Crippen LogP contribution in [0.3, 0.4) is 0 Å². The summed E-state index contributed by atoms with van der Waals surface area (Å²) in [5.74, 6) is 0.0279. The zero-order chi connectivity index (χ0) is 13.9. The number of anilines is 1. The first-order valence-corrected chi connectivity index (χ1v) is 7.16. The van der Waals surface area contributed by atoms with Crippen LogP contribution in [0.15, 0.2) is 18.2 Å². The average Bonchev–Trinajstić information content (AvgIpc) is 2.53. The van der Waals surface area contributed by atoms with E-state index in [1.807, 2.05) is 18.2 Å². The van der Waals surface area contributed by atoms with E-state index in [-0.39, 0.29) is 18.6 Å². The van der Waals surface area contributed by atoms with E-state index in [1.165, 1.54) is 5.56 Å². The maximum absolute atomic E-state index is 12.5. The van der Waals surface area contributed by atoms with Gasteiger partial charge in [0.05, 0.1) is 19.3 Å². The van der Waals surface area contributed by atoms with Crippen LogP contribution in [0.2, 0.25) is 0 Å². The second-order valence-electron chi connectivity index (χ2n) is 5.33. The smallest absolute Gasteiger partial charge is 0.254 e. The Morgan fingerprint density at radius 3 is 3.25 bits per heavy atom. The summed E-state index contributed by atoms with van der Waals surface area (Å²) in [4.78, 5) is 14.3. The molecule has 1 aromatic rings. The molecule has 2 N–H and O–H groups in total. The lowest BCUT2D eigenvalue weighted by molar-refractivity contribution is -0.0447. The fraction of sp³-hybridized carbons (Fsp3) is 0.533. The SMILES string of the molecule is O=C(c1ccc2c(c1)CCCN2)N1CCOC(CO)C1. The Hall–Kier alpha value is -1.59. The summed E-state index contributed by atoms with van der Waals surface area (Å²) >= 11 is 0. The molecule has 1 unspecified atom stereocenters. The number of nitrogens with zero attached hydrogens (tertiary/aromatic N) is 1. The van der Waals surface area contributed by atoms with E-state index < -0.39 is 0 Å². The fourth-order valence-corrected chi connectivity index (χ4v) is 2.80. The Bertz CT molecular complexity index is 504. The number of aryl methyl sites for hydroxylation is 1. The van der Waals surface area contributed by atoms with Crippen molar-refractivity contribution in [2.45, 2.75) is 18.9 Å². The van der Waals surface area contributed by atoms with Gasteiger partial charge in [-0.25, -0.2) is 0 Å². The number of hydrogen-bond donors (Lipinski definition) is 2. The van der Waals surface area contributed by atoms with Gasteiger partial charge < -0.3 is 20.1 Å². The van der Waals surface area contributed by atoms with Crippen molar-refractivity contribution in [3.05, 3.63) is 29.3 Å². The largest absolute Gasteiger partial charge is 0.394 e. The van der Waals surface area contributed by atoms with Gasteiger partial charge in [-0.15, -0.1) is 0 Å². The van der Waals surface area contributed by atoms with Crippen molar-refractivity contribution < 1.29 is 14.6 Å². The van der Waals surface area contributed by atoms with E-state index >= 15 is 0 Å². The molecule has 0 aliphatic carbocycles. The number of fused-ring (bicyclic) bond motifs is 1. The molecular weight excluding hydrogens is 256 g/mol. The molecule has 0 aromatic heterocycles. The molecule has 1 atom stereocenters. The summed E-state index contributed by atoms with van der Waals surface area (Å²) in [5, 5.41) is 12.5. The molecule has 1 aromatic carbocycles. The highest BCUT2D eigenvalue weighted by atomic mass is 16.5. The normalized spacial score (nSPS) is 22.1. The highest BCUT2D eigenvalue weighted by Gasteiger charge is 2.25. The number of hydrogen-bond acceptors (Lipinski definition) is 4. The van der Waals surface area contributed by atoms with Gasteiger partial charge in [0.15, 0.2) is 0 Å². The Kier molecular flexibility index (Phi) is 3.89. The molecule has 1 fully saturated rings. The number of aliphatic hydroxyl groups excluding tert-OH is 1. The summed E-state index contributed by atoms with van der Waals surface area (Å²) in [7, 11) is 0. The lowest BCUT2D eigenvalue weighted by Gasteiger charge is -2.32. The van der Waals surface area contributed by atoms with Crippen molar-refractivity contribution in [2.24, 2.45) is 0 Å². The molecule has 0 saturated carbocycles. The number of nitrogens with one attached hydrogen (secondary N) is 1. The van der Waals surface area contributed by atoms with Crippen LogP contribution in [-0.2, 0) is 11.2 Å². The van der Waals surface area contributed by atoms with Crippen LogP contribution in [0.4, 0.5) is 5.69 Å². The van der Waals surface area contributed by atoms with E-state index in [4.69, 9.17) is 9.84 Å². The first-order valence-electron chi connectivity index (χ1n) is 7.16. The number of benzene rings is 1. The van der Waals surface area contributed by atoms with Crippen LogP contribution in [0.5, 0.6) is 0 Å². The van der Waals surface area contributed by atoms with Crippen molar-refractivity contribution in [2.75, 3.05) is 38.2 Å². The molecule has 1 saturated heterocycles. The lowest BCUT2D eigenvalue weighted by atomic mass is 10.00. The van der Waals surface area contributed by atoms with Crippen LogP contribution in [-0.4, -0.2) is 54.9 Å². The van der Waals surface area contributed by atoms with Gasteiger partial charge in [0.2, 0.25) is 0 Å². The fourth-order valence-electron chi connectivity index (χ4n) is 2.80. The summed E-state index contributed by atoms with van der Waals surface area (Å²) in [6.45, 7) is 2.50. The van der Waals surface area contributed by atoms with Gasteiger partial charge >= 0.3 is 0 Å². The molecule has 20 heavy (non-hydrogen) atoms. The second kappa shape index (κ2) is 5.81. The highest BCUT2D eigenvalue weighted by molar-refractivity contribution is 5.95. The lowest BCUT2D eigenvalue weighted by Crippen LogP contribution is -2.46. The third kappa shape index (κ3) is 2.64.